The fourth-order valence-electron chi connectivity index (χ4n) is 2.80. The molecule has 1 atom stereocenters. The maximum Gasteiger partial charge on any atom is 0.101 e. The van der Waals surface area contributed by atoms with Crippen LogP contribution in [0.5, 0.6) is 0 Å². The third kappa shape index (κ3) is 3.10. The predicted octanol–water partition coefficient (Wildman–Crippen LogP) is 2.10. The zero-order valence-electron chi connectivity index (χ0n) is 11.9. The van der Waals surface area contributed by atoms with Crippen LogP contribution >= 0.6 is 0 Å². The first-order chi connectivity index (χ1) is 10.4. The van der Waals surface area contributed by atoms with E-state index in [9.17, 15) is 5.26 Å². The van der Waals surface area contributed by atoms with Crippen molar-refractivity contribution < 1.29 is 0 Å². The van der Waals surface area contributed by atoms with Crippen LogP contribution in [0, 0.1) is 11.3 Å². The second-order valence-electron chi connectivity index (χ2n) is 5.21. The van der Waals surface area contributed by atoms with Gasteiger partial charge in [0.2, 0.25) is 0 Å². The molecule has 0 aliphatic carbocycles. The van der Waals surface area contributed by atoms with Crippen LogP contribution in [0.2, 0.25) is 0 Å². The fourth-order valence-corrected chi connectivity index (χ4v) is 2.80. The van der Waals surface area contributed by atoms with E-state index in [0.717, 1.165) is 25.3 Å². The molecule has 0 amide bonds. The topological polar surface area (TPSA) is 52.0 Å². The summed E-state index contributed by atoms with van der Waals surface area (Å²) in [4.78, 5) is 6.78. The summed E-state index contributed by atoms with van der Waals surface area (Å²) in [7, 11) is 0. The molecule has 106 valence electrons. The van der Waals surface area contributed by atoms with Gasteiger partial charge in [-0.1, -0.05) is 30.3 Å². The molecule has 1 aliphatic rings. The largest absolute Gasteiger partial charge is 0.314 e. The van der Waals surface area contributed by atoms with Gasteiger partial charge < -0.3 is 5.32 Å². The minimum Gasteiger partial charge on any atom is -0.314 e. The number of nitrogens with one attached hydrogen (secondary N) is 1. The maximum atomic E-state index is 9.21. The van der Waals surface area contributed by atoms with Crippen molar-refractivity contribution in [2.45, 2.75) is 12.6 Å². The lowest BCUT2D eigenvalue weighted by molar-refractivity contribution is 0.152. The van der Waals surface area contributed by atoms with E-state index < -0.39 is 0 Å². The number of rotatable bonds is 3. The Morgan fingerprint density at radius 1 is 1.24 bits per heavy atom. The molecule has 1 N–H and O–H groups in total. The van der Waals surface area contributed by atoms with E-state index in [1.54, 1.807) is 6.20 Å². The first kappa shape index (κ1) is 13.7. The van der Waals surface area contributed by atoms with Gasteiger partial charge in [0.25, 0.3) is 0 Å². The molecular formula is C17H18N4. The molecule has 1 fully saturated rings. The van der Waals surface area contributed by atoms with Crippen molar-refractivity contribution in [3.63, 3.8) is 0 Å². The van der Waals surface area contributed by atoms with Crippen molar-refractivity contribution in [2.75, 3.05) is 19.6 Å². The second kappa shape index (κ2) is 6.49. The molecule has 1 aliphatic heterocycles. The van der Waals surface area contributed by atoms with Gasteiger partial charge >= 0.3 is 0 Å². The number of hydrogen-bond acceptors (Lipinski definition) is 4. The first-order valence-electron chi connectivity index (χ1n) is 7.22. The van der Waals surface area contributed by atoms with Crippen molar-refractivity contribution in [3.05, 3.63) is 65.5 Å². The summed E-state index contributed by atoms with van der Waals surface area (Å²) in [5.41, 5.74) is 2.84. The Kier molecular flexibility index (Phi) is 4.25. The summed E-state index contributed by atoms with van der Waals surface area (Å²) in [5, 5.41) is 12.7. The van der Waals surface area contributed by atoms with E-state index in [1.165, 1.54) is 5.56 Å². The van der Waals surface area contributed by atoms with Gasteiger partial charge in [0.05, 0.1) is 11.3 Å². The summed E-state index contributed by atoms with van der Waals surface area (Å²) in [6.45, 7) is 3.57. The van der Waals surface area contributed by atoms with Crippen molar-refractivity contribution >= 4 is 0 Å². The molecule has 0 spiro atoms. The molecule has 1 aromatic heterocycles. The number of benzene rings is 1. The summed E-state index contributed by atoms with van der Waals surface area (Å²) >= 11 is 0. The van der Waals surface area contributed by atoms with Crippen molar-refractivity contribution in [1.82, 2.24) is 15.2 Å². The number of nitriles is 1. The molecule has 0 saturated carbocycles. The van der Waals surface area contributed by atoms with Gasteiger partial charge in [-0.05, 0) is 17.7 Å². The molecule has 1 aromatic carbocycles. The van der Waals surface area contributed by atoms with Gasteiger partial charge in [0.15, 0.2) is 0 Å². The molecule has 4 nitrogen and oxygen atoms in total. The monoisotopic (exact) mass is 278 g/mol. The van der Waals surface area contributed by atoms with E-state index in [1.807, 2.05) is 18.2 Å². The lowest BCUT2D eigenvalue weighted by Gasteiger charge is -2.36. The number of nitrogens with zero attached hydrogens (tertiary/aromatic N) is 3. The van der Waals surface area contributed by atoms with Gasteiger partial charge in [0, 0.05) is 38.4 Å². The number of piperazine rings is 1. The highest BCUT2D eigenvalue weighted by atomic mass is 15.2. The highest BCUT2D eigenvalue weighted by Crippen LogP contribution is 2.24. The van der Waals surface area contributed by atoms with Gasteiger partial charge in [-0.15, -0.1) is 0 Å². The van der Waals surface area contributed by atoms with Gasteiger partial charge in [0.1, 0.15) is 6.07 Å². The van der Waals surface area contributed by atoms with E-state index in [4.69, 9.17) is 0 Å². The standard InChI is InChI=1S/C17H18N4/c18-11-15-7-4-8-20-16(15)13-21-10-9-19-12-17(21)14-5-2-1-3-6-14/h1-8,17,19H,9-10,12-13H2. The Bertz CT molecular complexity index is 633. The SMILES string of the molecule is N#Cc1cccnc1CN1CCNCC1c1ccccc1. The Morgan fingerprint density at radius 3 is 2.90 bits per heavy atom. The maximum absolute atomic E-state index is 9.21. The lowest BCUT2D eigenvalue weighted by atomic mass is 10.0. The van der Waals surface area contributed by atoms with Crippen LogP contribution in [-0.2, 0) is 6.54 Å². The molecule has 2 heterocycles. The minimum absolute atomic E-state index is 0.327. The van der Waals surface area contributed by atoms with Crippen molar-refractivity contribution in [1.29, 1.82) is 5.26 Å². The third-order valence-electron chi connectivity index (χ3n) is 3.90. The van der Waals surface area contributed by atoms with Crippen molar-refractivity contribution in [2.24, 2.45) is 0 Å². The summed E-state index contributed by atoms with van der Waals surface area (Å²) in [6.07, 6.45) is 1.76. The zero-order chi connectivity index (χ0) is 14.5. The highest BCUT2D eigenvalue weighted by Gasteiger charge is 2.24. The average Bonchev–Trinajstić information content (AvgIpc) is 2.57. The summed E-state index contributed by atoms with van der Waals surface area (Å²) in [6, 6.07) is 16.7. The van der Waals surface area contributed by atoms with Crippen molar-refractivity contribution in [3.8, 4) is 6.07 Å². The quantitative estimate of drug-likeness (QED) is 0.934. The molecule has 0 radical (unpaired) electrons. The predicted molar refractivity (Wildman–Crippen MR) is 81.4 cm³/mol. The van der Waals surface area contributed by atoms with E-state index >= 15 is 0 Å². The van der Waals surface area contributed by atoms with Crippen LogP contribution in [0.1, 0.15) is 22.9 Å². The molecule has 1 unspecified atom stereocenters. The Hall–Kier alpha value is -2.22. The Balaban J connectivity index is 1.84. The molecule has 1 saturated heterocycles. The average molecular weight is 278 g/mol. The first-order valence-corrected chi connectivity index (χ1v) is 7.22. The fraction of sp³-hybridized carbons (Fsp3) is 0.294. The molecule has 3 rings (SSSR count). The number of hydrogen-bond donors (Lipinski definition) is 1. The van der Waals surface area contributed by atoms with Gasteiger partial charge in [-0.3, -0.25) is 9.88 Å². The number of pyridine rings is 1. The van der Waals surface area contributed by atoms with Crippen LogP contribution in [0.15, 0.2) is 48.7 Å². The molecule has 4 heteroatoms. The van der Waals surface area contributed by atoms with Crippen LogP contribution in [0.25, 0.3) is 0 Å². The molecule has 21 heavy (non-hydrogen) atoms. The summed E-state index contributed by atoms with van der Waals surface area (Å²) < 4.78 is 0. The molecule has 0 bridgehead atoms. The third-order valence-corrected chi connectivity index (χ3v) is 3.90. The van der Waals surface area contributed by atoms with Crippen LogP contribution in [-0.4, -0.2) is 29.5 Å². The van der Waals surface area contributed by atoms with E-state index in [-0.39, 0.29) is 0 Å². The Morgan fingerprint density at radius 2 is 2.10 bits per heavy atom. The molecular weight excluding hydrogens is 260 g/mol. The lowest BCUT2D eigenvalue weighted by Crippen LogP contribution is -2.45. The van der Waals surface area contributed by atoms with Crippen LogP contribution in [0.3, 0.4) is 0 Å². The van der Waals surface area contributed by atoms with Gasteiger partial charge in [-0.25, -0.2) is 0 Å². The zero-order valence-corrected chi connectivity index (χ0v) is 11.9. The smallest absolute Gasteiger partial charge is 0.101 e. The van der Waals surface area contributed by atoms with Gasteiger partial charge in [-0.2, -0.15) is 5.26 Å². The minimum atomic E-state index is 0.327. The highest BCUT2D eigenvalue weighted by molar-refractivity contribution is 5.32. The number of aromatic nitrogens is 1. The van der Waals surface area contributed by atoms with E-state index in [2.05, 4.69) is 45.5 Å². The van der Waals surface area contributed by atoms with Crippen LogP contribution in [0.4, 0.5) is 0 Å². The van der Waals surface area contributed by atoms with E-state index in [0.29, 0.717) is 18.2 Å². The summed E-state index contributed by atoms with van der Waals surface area (Å²) in [5.74, 6) is 0. The van der Waals surface area contributed by atoms with Crippen LogP contribution < -0.4 is 5.32 Å². The molecule has 2 aromatic rings. The second-order valence-corrected chi connectivity index (χ2v) is 5.21. The normalized spacial score (nSPS) is 19.1. The Labute approximate surface area is 125 Å².